The molecule has 2 heterocycles. The fourth-order valence-electron chi connectivity index (χ4n) is 4.58. The molecule has 2 aliphatic carbocycles. The first kappa shape index (κ1) is 21.5. The van der Waals surface area contributed by atoms with E-state index in [2.05, 4.69) is 4.98 Å². The maximum atomic E-state index is 14.6. The van der Waals surface area contributed by atoms with Crippen LogP contribution in [0.2, 0.25) is 0 Å². The summed E-state index contributed by atoms with van der Waals surface area (Å²) in [4.78, 5) is 15.3. The molecule has 1 atom stereocenters. The normalized spacial score (nSPS) is 16.4. The minimum atomic E-state index is -0.770. The molecule has 0 spiro atoms. The molecule has 0 amide bonds. The Balaban J connectivity index is 1.37. The number of aliphatic carboxylic acids is 1. The molecule has 1 N–H and O–H groups in total. The zero-order valence-corrected chi connectivity index (χ0v) is 18.5. The largest absolute Gasteiger partial charge is 0.489 e. The number of aromatic nitrogens is 2. The third-order valence-electron chi connectivity index (χ3n) is 6.52. The van der Waals surface area contributed by atoms with E-state index in [9.17, 15) is 14.3 Å². The highest BCUT2D eigenvalue weighted by Gasteiger charge is 2.34. The first-order chi connectivity index (χ1) is 16.0. The molecule has 0 radical (unpaired) electrons. The lowest BCUT2D eigenvalue weighted by Gasteiger charge is -2.16. The number of ether oxygens (including phenoxy) is 2. The van der Waals surface area contributed by atoms with Crippen molar-refractivity contribution in [2.75, 3.05) is 7.11 Å². The topological polar surface area (TPSA) is 73.6 Å². The minimum absolute atomic E-state index is 0.0267. The van der Waals surface area contributed by atoms with Gasteiger partial charge in [-0.3, -0.25) is 4.79 Å². The molecule has 2 aliphatic rings. The third kappa shape index (κ3) is 4.72. The second-order valence-corrected chi connectivity index (χ2v) is 8.95. The van der Waals surface area contributed by atoms with Gasteiger partial charge in [-0.25, -0.2) is 9.37 Å². The number of methoxy groups -OCH3 is 1. The van der Waals surface area contributed by atoms with Crippen molar-refractivity contribution in [3.8, 4) is 17.3 Å². The van der Waals surface area contributed by atoms with E-state index < -0.39 is 11.8 Å². The lowest BCUT2D eigenvalue weighted by Crippen LogP contribution is -2.09. The first-order valence-electron chi connectivity index (χ1n) is 11.4. The fraction of sp³-hybridized carbons (Fsp3) is 0.385. The fourth-order valence-corrected chi connectivity index (χ4v) is 4.58. The van der Waals surface area contributed by atoms with Gasteiger partial charge in [-0.05, 0) is 61.3 Å². The molecule has 7 heteroatoms. The van der Waals surface area contributed by atoms with Crippen molar-refractivity contribution < 1.29 is 23.8 Å². The highest BCUT2D eigenvalue weighted by atomic mass is 19.1. The van der Waals surface area contributed by atoms with Gasteiger partial charge in [-0.1, -0.05) is 12.1 Å². The van der Waals surface area contributed by atoms with Crippen molar-refractivity contribution in [2.45, 2.75) is 50.5 Å². The number of carboxylic acid groups (broad SMARTS) is 1. The van der Waals surface area contributed by atoms with Crippen LogP contribution in [0.3, 0.4) is 0 Å². The van der Waals surface area contributed by atoms with Crippen LogP contribution in [0.15, 0.2) is 48.8 Å². The van der Waals surface area contributed by atoms with Gasteiger partial charge >= 0.3 is 5.97 Å². The molecular weight excluding hydrogens is 423 g/mol. The quantitative estimate of drug-likeness (QED) is 0.445. The molecule has 6 nitrogen and oxygen atoms in total. The molecule has 1 aromatic carbocycles. The Bertz CT molecular complexity index is 1170. The molecule has 1 unspecified atom stereocenters. The third-order valence-corrected chi connectivity index (χ3v) is 6.52. The Morgan fingerprint density at radius 2 is 2.06 bits per heavy atom. The summed E-state index contributed by atoms with van der Waals surface area (Å²) in [6.07, 6.45) is 7.48. The van der Waals surface area contributed by atoms with Crippen LogP contribution in [0.25, 0.3) is 5.69 Å². The second kappa shape index (κ2) is 8.89. The van der Waals surface area contributed by atoms with Crippen molar-refractivity contribution in [3.63, 3.8) is 0 Å². The van der Waals surface area contributed by atoms with Gasteiger partial charge in [0.25, 0.3) is 0 Å². The van der Waals surface area contributed by atoms with Crippen LogP contribution < -0.4 is 9.47 Å². The van der Waals surface area contributed by atoms with Gasteiger partial charge in [-0.15, -0.1) is 0 Å². The van der Waals surface area contributed by atoms with Crippen molar-refractivity contribution in [1.29, 1.82) is 0 Å². The molecule has 0 aliphatic heterocycles. The molecule has 0 saturated heterocycles. The maximum Gasteiger partial charge on any atom is 0.303 e. The van der Waals surface area contributed by atoms with Crippen LogP contribution in [-0.4, -0.2) is 27.7 Å². The SMILES string of the molecule is COc1cc(-n2ccc(COc3cccc(C(CC(=O)O)C4CC4)c3)c2C2CC2)c(F)cn1. The number of nitrogens with zero attached hydrogens (tertiary/aromatic N) is 2. The van der Waals surface area contributed by atoms with Crippen LogP contribution in [-0.2, 0) is 11.4 Å². The highest BCUT2D eigenvalue weighted by Crippen LogP contribution is 2.45. The minimum Gasteiger partial charge on any atom is -0.489 e. The summed E-state index contributed by atoms with van der Waals surface area (Å²) in [6.45, 7) is 0.360. The monoisotopic (exact) mass is 450 g/mol. The smallest absolute Gasteiger partial charge is 0.303 e. The average Bonchev–Trinajstić information content (AvgIpc) is 3.75. The van der Waals surface area contributed by atoms with Crippen molar-refractivity contribution in [2.24, 2.45) is 5.92 Å². The lowest BCUT2D eigenvalue weighted by atomic mass is 9.91. The summed E-state index contributed by atoms with van der Waals surface area (Å²) in [6, 6.07) is 11.4. The van der Waals surface area contributed by atoms with E-state index in [0.29, 0.717) is 30.0 Å². The van der Waals surface area contributed by atoms with Gasteiger partial charge in [0, 0.05) is 29.4 Å². The predicted molar refractivity (Wildman–Crippen MR) is 121 cm³/mol. The van der Waals surface area contributed by atoms with Crippen LogP contribution in [0.4, 0.5) is 4.39 Å². The lowest BCUT2D eigenvalue weighted by molar-refractivity contribution is -0.137. The second-order valence-electron chi connectivity index (χ2n) is 8.95. The van der Waals surface area contributed by atoms with Crippen molar-refractivity contribution in [3.05, 3.63) is 71.4 Å². The van der Waals surface area contributed by atoms with Gasteiger partial charge in [-0.2, -0.15) is 0 Å². The Hall–Kier alpha value is -3.35. The van der Waals surface area contributed by atoms with Crippen LogP contribution >= 0.6 is 0 Å². The number of rotatable bonds is 10. The van der Waals surface area contributed by atoms with Gasteiger partial charge in [0.05, 0.1) is 25.4 Å². The maximum absolute atomic E-state index is 14.6. The standard InChI is InChI=1S/C26H27FN2O4/c1-32-24-13-23(22(27)14-28-24)29-10-9-19(26(29)17-7-8-17)15-33-20-4-2-3-18(11-20)21(12-25(30)31)16-5-6-16/h2-4,9-11,13-14,16-17,21H,5-8,12,15H2,1H3,(H,30,31). The Labute approximate surface area is 192 Å². The number of pyridine rings is 1. The van der Waals surface area contributed by atoms with Gasteiger partial charge < -0.3 is 19.1 Å². The van der Waals surface area contributed by atoms with Crippen molar-refractivity contribution >= 4 is 5.97 Å². The van der Waals surface area contributed by atoms with E-state index in [1.165, 1.54) is 13.3 Å². The first-order valence-corrected chi connectivity index (χ1v) is 11.4. The number of hydrogen-bond donors (Lipinski definition) is 1. The zero-order valence-electron chi connectivity index (χ0n) is 18.5. The summed E-state index contributed by atoms with van der Waals surface area (Å²) < 4.78 is 27.8. The van der Waals surface area contributed by atoms with E-state index in [0.717, 1.165) is 48.3 Å². The van der Waals surface area contributed by atoms with E-state index in [1.807, 2.05) is 41.1 Å². The molecule has 5 rings (SSSR count). The molecular formula is C26H27FN2O4. The number of hydrogen-bond acceptors (Lipinski definition) is 4. The molecule has 172 valence electrons. The zero-order chi connectivity index (χ0) is 22.9. The van der Waals surface area contributed by atoms with E-state index in [1.54, 1.807) is 6.07 Å². The molecule has 33 heavy (non-hydrogen) atoms. The highest BCUT2D eigenvalue weighted by molar-refractivity contribution is 5.68. The predicted octanol–water partition coefficient (Wildman–Crippen LogP) is 5.44. The number of benzene rings is 1. The molecule has 3 aromatic rings. The number of carbonyl (C=O) groups is 1. The number of carboxylic acids is 1. The summed E-state index contributed by atoms with van der Waals surface area (Å²) in [5.41, 5.74) is 3.50. The van der Waals surface area contributed by atoms with E-state index >= 15 is 0 Å². The molecule has 2 aromatic heterocycles. The Morgan fingerprint density at radius 1 is 1.24 bits per heavy atom. The van der Waals surface area contributed by atoms with E-state index in [-0.39, 0.29) is 12.3 Å². The van der Waals surface area contributed by atoms with E-state index in [4.69, 9.17) is 9.47 Å². The summed E-state index contributed by atoms with van der Waals surface area (Å²) in [5.74, 6) is 0.751. The van der Waals surface area contributed by atoms with Crippen LogP contribution in [0.1, 0.15) is 60.8 Å². The van der Waals surface area contributed by atoms with Crippen LogP contribution in [0.5, 0.6) is 11.6 Å². The summed E-state index contributed by atoms with van der Waals surface area (Å²) in [7, 11) is 1.51. The molecule has 2 saturated carbocycles. The Kier molecular flexibility index (Phi) is 5.79. The van der Waals surface area contributed by atoms with Gasteiger partial charge in [0.2, 0.25) is 5.88 Å². The Morgan fingerprint density at radius 3 is 2.76 bits per heavy atom. The summed E-state index contributed by atoms with van der Waals surface area (Å²) >= 11 is 0. The van der Waals surface area contributed by atoms with Gasteiger partial charge in [0.1, 0.15) is 12.4 Å². The molecule has 2 fully saturated rings. The summed E-state index contributed by atoms with van der Waals surface area (Å²) in [5, 5.41) is 9.31. The average molecular weight is 451 g/mol. The van der Waals surface area contributed by atoms with Crippen molar-refractivity contribution in [1.82, 2.24) is 9.55 Å². The number of halogens is 1. The van der Waals surface area contributed by atoms with Gasteiger partial charge in [0.15, 0.2) is 5.82 Å². The van der Waals surface area contributed by atoms with Crippen LogP contribution in [0, 0.1) is 11.7 Å². The molecule has 0 bridgehead atoms.